The SMILES string of the molecule is CCCC(C)(CO)NC(=O)Nc1ccc(Br)cc1. The zero-order chi connectivity index (χ0) is 13.6. The van der Waals surface area contributed by atoms with Crippen molar-refractivity contribution >= 4 is 27.6 Å². The second kappa shape index (κ2) is 6.75. The smallest absolute Gasteiger partial charge is 0.319 e. The van der Waals surface area contributed by atoms with E-state index in [1.807, 2.05) is 26.0 Å². The molecule has 0 saturated carbocycles. The molecule has 1 rings (SSSR count). The van der Waals surface area contributed by atoms with Gasteiger partial charge >= 0.3 is 6.03 Å². The number of aliphatic hydroxyl groups is 1. The molecule has 0 saturated heterocycles. The lowest BCUT2D eigenvalue weighted by Gasteiger charge is -2.28. The normalized spacial score (nSPS) is 13.8. The molecule has 1 atom stereocenters. The van der Waals surface area contributed by atoms with Crippen molar-refractivity contribution in [3.63, 3.8) is 0 Å². The fourth-order valence-corrected chi connectivity index (χ4v) is 1.97. The number of carbonyl (C=O) groups excluding carboxylic acids is 1. The Morgan fingerprint density at radius 3 is 2.50 bits per heavy atom. The number of aliphatic hydroxyl groups excluding tert-OH is 1. The molecule has 0 radical (unpaired) electrons. The minimum atomic E-state index is -0.575. The zero-order valence-corrected chi connectivity index (χ0v) is 12.3. The Bertz CT molecular complexity index is 394. The number of nitrogens with one attached hydrogen (secondary N) is 2. The van der Waals surface area contributed by atoms with Crippen LogP contribution in [0.3, 0.4) is 0 Å². The number of amides is 2. The highest BCUT2D eigenvalue weighted by Gasteiger charge is 2.24. The summed E-state index contributed by atoms with van der Waals surface area (Å²) in [6.07, 6.45) is 1.63. The molecule has 0 aliphatic carbocycles. The third-order valence-electron chi connectivity index (χ3n) is 2.67. The Hall–Kier alpha value is -1.07. The van der Waals surface area contributed by atoms with E-state index in [9.17, 15) is 9.90 Å². The maximum Gasteiger partial charge on any atom is 0.319 e. The second-order valence-corrected chi connectivity index (χ2v) is 5.47. The van der Waals surface area contributed by atoms with Gasteiger partial charge in [0.25, 0.3) is 0 Å². The molecule has 4 nitrogen and oxygen atoms in total. The summed E-state index contributed by atoms with van der Waals surface area (Å²) < 4.78 is 0.958. The topological polar surface area (TPSA) is 61.4 Å². The van der Waals surface area contributed by atoms with Crippen LogP contribution in [0.2, 0.25) is 0 Å². The lowest BCUT2D eigenvalue weighted by molar-refractivity contribution is 0.167. The molecule has 0 aliphatic heterocycles. The molecule has 100 valence electrons. The largest absolute Gasteiger partial charge is 0.394 e. The maximum absolute atomic E-state index is 11.8. The van der Waals surface area contributed by atoms with E-state index < -0.39 is 5.54 Å². The van der Waals surface area contributed by atoms with E-state index in [0.29, 0.717) is 5.69 Å². The molecule has 0 aromatic heterocycles. The molecule has 0 aliphatic rings. The first kappa shape index (κ1) is 15.0. The minimum Gasteiger partial charge on any atom is -0.394 e. The van der Waals surface area contributed by atoms with Gasteiger partial charge in [-0.15, -0.1) is 0 Å². The highest BCUT2D eigenvalue weighted by atomic mass is 79.9. The van der Waals surface area contributed by atoms with E-state index in [1.54, 1.807) is 12.1 Å². The second-order valence-electron chi connectivity index (χ2n) is 4.55. The van der Waals surface area contributed by atoms with Gasteiger partial charge in [-0.1, -0.05) is 29.3 Å². The first-order valence-electron chi connectivity index (χ1n) is 5.94. The van der Waals surface area contributed by atoms with Crippen molar-refractivity contribution in [2.45, 2.75) is 32.2 Å². The molecule has 1 aromatic rings. The highest BCUT2D eigenvalue weighted by Crippen LogP contribution is 2.15. The van der Waals surface area contributed by atoms with Gasteiger partial charge in [0.2, 0.25) is 0 Å². The summed E-state index contributed by atoms with van der Waals surface area (Å²) in [7, 11) is 0. The van der Waals surface area contributed by atoms with E-state index in [1.165, 1.54) is 0 Å². The Morgan fingerprint density at radius 1 is 1.39 bits per heavy atom. The van der Waals surface area contributed by atoms with Gasteiger partial charge in [0, 0.05) is 10.2 Å². The predicted molar refractivity (Wildman–Crippen MR) is 76.7 cm³/mol. The number of urea groups is 1. The Morgan fingerprint density at radius 2 is 2.00 bits per heavy atom. The van der Waals surface area contributed by atoms with Crippen molar-refractivity contribution in [3.8, 4) is 0 Å². The van der Waals surface area contributed by atoms with Crippen molar-refractivity contribution in [3.05, 3.63) is 28.7 Å². The van der Waals surface area contributed by atoms with Crippen LogP contribution in [0.1, 0.15) is 26.7 Å². The Labute approximate surface area is 116 Å². The summed E-state index contributed by atoms with van der Waals surface area (Å²) in [4.78, 5) is 11.8. The van der Waals surface area contributed by atoms with Gasteiger partial charge in [-0.25, -0.2) is 4.79 Å². The molecule has 0 bridgehead atoms. The van der Waals surface area contributed by atoms with Crippen LogP contribution in [0.5, 0.6) is 0 Å². The standard InChI is InChI=1S/C13H19BrN2O2/c1-3-8-13(2,9-17)16-12(18)15-11-6-4-10(14)5-7-11/h4-7,17H,3,8-9H2,1-2H3,(H2,15,16,18). The average Bonchev–Trinajstić information content (AvgIpc) is 2.32. The van der Waals surface area contributed by atoms with E-state index in [-0.39, 0.29) is 12.6 Å². The van der Waals surface area contributed by atoms with Gasteiger partial charge in [-0.2, -0.15) is 0 Å². The van der Waals surface area contributed by atoms with E-state index >= 15 is 0 Å². The predicted octanol–water partition coefficient (Wildman–Crippen LogP) is 3.12. The Balaban J connectivity index is 2.58. The van der Waals surface area contributed by atoms with E-state index in [4.69, 9.17) is 0 Å². The van der Waals surface area contributed by atoms with Crippen molar-refractivity contribution in [2.75, 3.05) is 11.9 Å². The maximum atomic E-state index is 11.8. The monoisotopic (exact) mass is 314 g/mol. The van der Waals surface area contributed by atoms with Crippen molar-refractivity contribution in [2.24, 2.45) is 0 Å². The summed E-state index contributed by atoms with van der Waals surface area (Å²) in [5.74, 6) is 0. The molecular weight excluding hydrogens is 296 g/mol. The van der Waals surface area contributed by atoms with Gasteiger partial charge < -0.3 is 15.7 Å². The van der Waals surface area contributed by atoms with Crippen LogP contribution in [0.4, 0.5) is 10.5 Å². The van der Waals surface area contributed by atoms with Gasteiger partial charge in [0.05, 0.1) is 12.1 Å². The molecule has 0 fully saturated rings. The van der Waals surface area contributed by atoms with Gasteiger partial charge in [0.1, 0.15) is 0 Å². The molecule has 1 unspecified atom stereocenters. The summed E-state index contributed by atoms with van der Waals surface area (Å²) in [5, 5.41) is 14.8. The molecule has 5 heteroatoms. The summed E-state index contributed by atoms with van der Waals surface area (Å²) in [6.45, 7) is 3.77. The molecule has 0 heterocycles. The van der Waals surface area contributed by atoms with Crippen LogP contribution in [0.15, 0.2) is 28.7 Å². The number of carbonyl (C=O) groups is 1. The van der Waals surface area contributed by atoms with Crippen molar-refractivity contribution in [1.29, 1.82) is 0 Å². The first-order valence-corrected chi connectivity index (χ1v) is 6.74. The molecule has 2 amide bonds. The zero-order valence-electron chi connectivity index (χ0n) is 10.7. The minimum absolute atomic E-state index is 0.0748. The summed E-state index contributed by atoms with van der Waals surface area (Å²) >= 11 is 3.33. The van der Waals surface area contributed by atoms with Crippen LogP contribution in [0, 0.1) is 0 Å². The molecule has 0 spiro atoms. The van der Waals surface area contributed by atoms with Crippen LogP contribution >= 0.6 is 15.9 Å². The summed E-state index contributed by atoms with van der Waals surface area (Å²) in [5.41, 5.74) is 0.140. The molecule has 18 heavy (non-hydrogen) atoms. The van der Waals surface area contributed by atoms with Gasteiger partial charge in [0.15, 0.2) is 0 Å². The number of hydrogen-bond acceptors (Lipinski definition) is 2. The van der Waals surface area contributed by atoms with Crippen LogP contribution in [-0.2, 0) is 0 Å². The lowest BCUT2D eigenvalue weighted by atomic mass is 9.98. The number of benzene rings is 1. The Kier molecular flexibility index (Phi) is 5.62. The van der Waals surface area contributed by atoms with E-state index in [0.717, 1.165) is 17.3 Å². The quantitative estimate of drug-likeness (QED) is 0.782. The first-order chi connectivity index (χ1) is 8.49. The van der Waals surface area contributed by atoms with Gasteiger partial charge in [-0.05, 0) is 37.6 Å². The van der Waals surface area contributed by atoms with Crippen LogP contribution in [0.25, 0.3) is 0 Å². The third-order valence-corrected chi connectivity index (χ3v) is 3.20. The van der Waals surface area contributed by atoms with E-state index in [2.05, 4.69) is 26.6 Å². The molecule has 1 aromatic carbocycles. The fraction of sp³-hybridized carbons (Fsp3) is 0.462. The molecular formula is C13H19BrN2O2. The summed E-state index contributed by atoms with van der Waals surface area (Å²) in [6, 6.07) is 7.02. The third kappa shape index (κ3) is 4.66. The van der Waals surface area contributed by atoms with Crippen molar-refractivity contribution in [1.82, 2.24) is 5.32 Å². The van der Waals surface area contributed by atoms with Crippen LogP contribution < -0.4 is 10.6 Å². The molecule has 3 N–H and O–H groups in total. The fourth-order valence-electron chi connectivity index (χ4n) is 1.70. The number of rotatable bonds is 5. The van der Waals surface area contributed by atoms with Gasteiger partial charge in [-0.3, -0.25) is 0 Å². The van der Waals surface area contributed by atoms with Crippen molar-refractivity contribution < 1.29 is 9.90 Å². The van der Waals surface area contributed by atoms with Crippen LogP contribution in [-0.4, -0.2) is 23.3 Å². The lowest BCUT2D eigenvalue weighted by Crippen LogP contribution is -2.50. The average molecular weight is 315 g/mol. The highest BCUT2D eigenvalue weighted by molar-refractivity contribution is 9.10. The number of anilines is 1. The number of hydrogen-bond donors (Lipinski definition) is 3. The number of halogens is 1.